The van der Waals surface area contributed by atoms with Gasteiger partial charge in [0.1, 0.15) is 0 Å². The van der Waals surface area contributed by atoms with E-state index < -0.39 is 0 Å². The highest BCUT2D eigenvalue weighted by Crippen LogP contribution is 2.32. The van der Waals surface area contributed by atoms with Crippen LogP contribution < -0.4 is 5.73 Å². The van der Waals surface area contributed by atoms with E-state index in [4.69, 9.17) is 5.73 Å². The van der Waals surface area contributed by atoms with Crippen molar-refractivity contribution < 1.29 is 0 Å². The van der Waals surface area contributed by atoms with Crippen molar-refractivity contribution in [2.24, 2.45) is 5.73 Å². The molecular formula is C13H14BrNS. The molecule has 2 rings (SSSR count). The molecule has 0 aliphatic heterocycles. The fraction of sp³-hybridized carbons (Fsp3) is 0.231. The summed E-state index contributed by atoms with van der Waals surface area (Å²) in [4.78, 5) is 1.28. The predicted octanol–water partition coefficient (Wildman–Crippen LogP) is 4.18. The summed E-state index contributed by atoms with van der Waals surface area (Å²) in [6.07, 6.45) is 0. The first kappa shape index (κ1) is 11.8. The van der Waals surface area contributed by atoms with E-state index >= 15 is 0 Å². The summed E-state index contributed by atoms with van der Waals surface area (Å²) in [6.45, 7) is 4.20. The fourth-order valence-electron chi connectivity index (χ4n) is 1.81. The first-order valence-corrected chi connectivity index (χ1v) is 6.77. The molecule has 0 bridgehead atoms. The second-order valence-electron chi connectivity index (χ2n) is 3.95. The number of aryl methyl sites for hydroxylation is 2. The van der Waals surface area contributed by atoms with Crippen LogP contribution >= 0.6 is 27.3 Å². The lowest BCUT2D eigenvalue weighted by molar-refractivity contribution is 0.867. The van der Waals surface area contributed by atoms with Crippen LogP contribution in [-0.2, 0) is 0 Å². The third-order valence-corrected chi connectivity index (χ3v) is 4.23. The summed E-state index contributed by atoms with van der Waals surface area (Å²) in [5.41, 5.74) is 9.92. The SMILES string of the molecule is Cc1cccc(C(N)c2cc(Br)sc2C)c1. The van der Waals surface area contributed by atoms with Crippen molar-refractivity contribution in [3.63, 3.8) is 0 Å². The quantitative estimate of drug-likeness (QED) is 0.884. The van der Waals surface area contributed by atoms with Crippen LogP contribution in [0.15, 0.2) is 34.1 Å². The van der Waals surface area contributed by atoms with Gasteiger partial charge < -0.3 is 5.73 Å². The monoisotopic (exact) mass is 295 g/mol. The highest BCUT2D eigenvalue weighted by atomic mass is 79.9. The fourth-order valence-corrected chi connectivity index (χ4v) is 3.57. The van der Waals surface area contributed by atoms with Gasteiger partial charge >= 0.3 is 0 Å². The van der Waals surface area contributed by atoms with E-state index in [1.165, 1.54) is 21.6 Å². The van der Waals surface area contributed by atoms with Crippen molar-refractivity contribution in [1.82, 2.24) is 0 Å². The van der Waals surface area contributed by atoms with Gasteiger partial charge in [-0.15, -0.1) is 11.3 Å². The summed E-state index contributed by atoms with van der Waals surface area (Å²) in [7, 11) is 0. The van der Waals surface area contributed by atoms with Crippen LogP contribution in [0.3, 0.4) is 0 Å². The minimum atomic E-state index is -0.0255. The van der Waals surface area contributed by atoms with Gasteiger partial charge in [0.05, 0.1) is 9.83 Å². The largest absolute Gasteiger partial charge is 0.320 e. The Morgan fingerprint density at radius 3 is 2.56 bits per heavy atom. The number of thiophene rings is 1. The summed E-state index contributed by atoms with van der Waals surface area (Å²) < 4.78 is 1.14. The van der Waals surface area contributed by atoms with Crippen LogP contribution in [0.5, 0.6) is 0 Å². The first-order chi connectivity index (χ1) is 7.58. The molecule has 0 amide bonds. The van der Waals surface area contributed by atoms with E-state index in [9.17, 15) is 0 Å². The third-order valence-electron chi connectivity index (χ3n) is 2.66. The molecule has 2 aromatic rings. The molecule has 84 valence electrons. The van der Waals surface area contributed by atoms with Gasteiger partial charge in [-0.3, -0.25) is 0 Å². The molecule has 1 aromatic heterocycles. The minimum absolute atomic E-state index is 0.0255. The normalized spacial score (nSPS) is 12.8. The second kappa shape index (κ2) is 4.70. The minimum Gasteiger partial charge on any atom is -0.320 e. The second-order valence-corrected chi connectivity index (χ2v) is 6.59. The van der Waals surface area contributed by atoms with E-state index in [1.807, 2.05) is 0 Å². The van der Waals surface area contributed by atoms with Crippen molar-refractivity contribution in [2.45, 2.75) is 19.9 Å². The molecule has 3 heteroatoms. The number of hydrogen-bond acceptors (Lipinski definition) is 2. The zero-order valence-corrected chi connectivity index (χ0v) is 11.7. The highest BCUT2D eigenvalue weighted by Gasteiger charge is 2.13. The summed E-state index contributed by atoms with van der Waals surface area (Å²) in [6, 6.07) is 10.5. The molecule has 0 spiro atoms. The third kappa shape index (κ3) is 2.37. The summed E-state index contributed by atoms with van der Waals surface area (Å²) in [5.74, 6) is 0. The Bertz CT molecular complexity index is 504. The molecule has 1 nitrogen and oxygen atoms in total. The number of halogens is 1. The lowest BCUT2D eigenvalue weighted by Gasteiger charge is -2.12. The van der Waals surface area contributed by atoms with E-state index in [0.29, 0.717) is 0 Å². The zero-order chi connectivity index (χ0) is 11.7. The molecule has 0 radical (unpaired) electrons. The molecular weight excluding hydrogens is 282 g/mol. The number of rotatable bonds is 2. The Balaban J connectivity index is 2.38. The van der Waals surface area contributed by atoms with Gasteiger partial charge in [0.15, 0.2) is 0 Å². The number of benzene rings is 1. The van der Waals surface area contributed by atoms with Crippen molar-refractivity contribution >= 4 is 27.3 Å². The van der Waals surface area contributed by atoms with E-state index in [0.717, 1.165) is 3.79 Å². The van der Waals surface area contributed by atoms with Gasteiger partial charge in [0.25, 0.3) is 0 Å². The standard InChI is InChI=1S/C13H14BrNS/c1-8-4-3-5-10(6-8)13(15)11-7-12(14)16-9(11)2/h3-7,13H,15H2,1-2H3. The smallest absolute Gasteiger partial charge is 0.0704 e. The molecule has 1 atom stereocenters. The molecule has 0 saturated carbocycles. The van der Waals surface area contributed by atoms with Crippen LogP contribution in [0.2, 0.25) is 0 Å². The number of hydrogen-bond donors (Lipinski definition) is 1. The number of nitrogens with two attached hydrogens (primary N) is 1. The lowest BCUT2D eigenvalue weighted by atomic mass is 9.99. The molecule has 16 heavy (non-hydrogen) atoms. The van der Waals surface area contributed by atoms with Gasteiger partial charge in [0.2, 0.25) is 0 Å². The molecule has 0 aliphatic carbocycles. The van der Waals surface area contributed by atoms with E-state index in [1.54, 1.807) is 11.3 Å². The van der Waals surface area contributed by atoms with Crippen LogP contribution in [0.4, 0.5) is 0 Å². The van der Waals surface area contributed by atoms with Crippen molar-refractivity contribution in [1.29, 1.82) is 0 Å². The predicted molar refractivity (Wildman–Crippen MR) is 74.0 cm³/mol. The Morgan fingerprint density at radius 2 is 2.00 bits per heavy atom. The van der Waals surface area contributed by atoms with Crippen LogP contribution in [0, 0.1) is 13.8 Å². The zero-order valence-electron chi connectivity index (χ0n) is 9.33. The Kier molecular flexibility index (Phi) is 3.47. The summed E-state index contributed by atoms with van der Waals surface area (Å²) >= 11 is 5.23. The van der Waals surface area contributed by atoms with Crippen molar-refractivity contribution in [3.05, 3.63) is 55.7 Å². The van der Waals surface area contributed by atoms with Crippen molar-refractivity contribution in [3.8, 4) is 0 Å². The first-order valence-electron chi connectivity index (χ1n) is 5.16. The van der Waals surface area contributed by atoms with E-state index in [2.05, 4.69) is 60.1 Å². The molecule has 0 saturated heterocycles. The average Bonchev–Trinajstić information content (AvgIpc) is 2.57. The van der Waals surface area contributed by atoms with Gasteiger partial charge in [-0.25, -0.2) is 0 Å². The van der Waals surface area contributed by atoms with Gasteiger partial charge in [-0.1, -0.05) is 29.8 Å². The highest BCUT2D eigenvalue weighted by molar-refractivity contribution is 9.11. The maximum atomic E-state index is 6.29. The Morgan fingerprint density at radius 1 is 1.25 bits per heavy atom. The maximum Gasteiger partial charge on any atom is 0.0704 e. The van der Waals surface area contributed by atoms with Crippen molar-refractivity contribution in [2.75, 3.05) is 0 Å². The van der Waals surface area contributed by atoms with Crippen LogP contribution in [0.1, 0.15) is 27.6 Å². The van der Waals surface area contributed by atoms with E-state index in [-0.39, 0.29) is 6.04 Å². The van der Waals surface area contributed by atoms with Gasteiger partial charge in [-0.05, 0) is 47.0 Å². The molecule has 0 aliphatic rings. The maximum absolute atomic E-state index is 6.29. The average molecular weight is 296 g/mol. The molecule has 1 aromatic carbocycles. The Hall–Kier alpha value is -0.640. The lowest BCUT2D eigenvalue weighted by Crippen LogP contribution is -2.11. The van der Waals surface area contributed by atoms with Gasteiger partial charge in [0, 0.05) is 4.88 Å². The molecule has 2 N–H and O–H groups in total. The Labute approximate surface area is 108 Å². The van der Waals surface area contributed by atoms with Crippen LogP contribution in [-0.4, -0.2) is 0 Å². The van der Waals surface area contributed by atoms with Crippen LogP contribution in [0.25, 0.3) is 0 Å². The summed E-state index contributed by atoms with van der Waals surface area (Å²) in [5, 5.41) is 0. The van der Waals surface area contributed by atoms with Gasteiger partial charge in [-0.2, -0.15) is 0 Å². The molecule has 1 unspecified atom stereocenters. The molecule has 0 fully saturated rings. The molecule has 1 heterocycles. The topological polar surface area (TPSA) is 26.0 Å².